The molecule has 18 heavy (non-hydrogen) atoms. The van der Waals surface area contributed by atoms with Crippen LogP contribution in [0.3, 0.4) is 0 Å². The molecule has 5 nitrogen and oxygen atoms in total. The Morgan fingerprint density at radius 1 is 1.22 bits per heavy atom. The number of rotatable bonds is 4. The van der Waals surface area contributed by atoms with E-state index in [-0.39, 0.29) is 0 Å². The molecule has 0 atom stereocenters. The van der Waals surface area contributed by atoms with E-state index in [4.69, 9.17) is 0 Å². The van der Waals surface area contributed by atoms with Crippen molar-refractivity contribution in [1.29, 1.82) is 0 Å². The molecule has 0 aliphatic heterocycles. The third-order valence-corrected chi connectivity index (χ3v) is 2.21. The third kappa shape index (κ3) is 3.19. The van der Waals surface area contributed by atoms with E-state index in [0.29, 0.717) is 18.8 Å². The van der Waals surface area contributed by atoms with Gasteiger partial charge in [0.15, 0.2) is 5.69 Å². The number of hydrogen-bond donors (Lipinski definition) is 2. The van der Waals surface area contributed by atoms with Gasteiger partial charge in [-0.15, -0.1) is 10.2 Å². The number of aromatic nitrogens is 4. The van der Waals surface area contributed by atoms with E-state index in [2.05, 4.69) is 25.5 Å². The van der Waals surface area contributed by atoms with Gasteiger partial charge in [-0.1, -0.05) is 0 Å². The molecular weight excluding hydrogens is 247 g/mol. The van der Waals surface area contributed by atoms with E-state index < -0.39 is 11.9 Å². The normalized spacial score (nSPS) is 11.5. The number of alkyl halides is 3. The highest BCUT2D eigenvalue weighted by molar-refractivity contribution is 5.33. The summed E-state index contributed by atoms with van der Waals surface area (Å²) >= 11 is 0. The van der Waals surface area contributed by atoms with Crippen molar-refractivity contribution in [2.45, 2.75) is 12.6 Å². The maximum atomic E-state index is 12.2. The molecule has 0 saturated heterocycles. The largest absolute Gasteiger partial charge is 0.435 e. The first-order chi connectivity index (χ1) is 8.55. The summed E-state index contributed by atoms with van der Waals surface area (Å²) in [6, 6.07) is 2.15. The smallest absolute Gasteiger partial charge is 0.368 e. The van der Waals surface area contributed by atoms with E-state index in [9.17, 15) is 13.2 Å². The molecular formula is C10H10F3N5. The second-order valence-electron chi connectivity index (χ2n) is 3.56. The molecule has 2 rings (SSSR count). The second kappa shape index (κ2) is 5.03. The number of halogens is 3. The second-order valence-corrected chi connectivity index (χ2v) is 3.56. The van der Waals surface area contributed by atoms with Crippen molar-refractivity contribution in [1.82, 2.24) is 20.2 Å². The maximum absolute atomic E-state index is 12.2. The van der Waals surface area contributed by atoms with Crippen LogP contribution in [0.4, 0.5) is 19.0 Å². The fourth-order valence-corrected chi connectivity index (χ4v) is 1.32. The zero-order chi connectivity index (χ0) is 13.0. The highest BCUT2D eigenvalue weighted by atomic mass is 19.4. The van der Waals surface area contributed by atoms with Crippen molar-refractivity contribution in [2.75, 3.05) is 11.9 Å². The summed E-state index contributed by atoms with van der Waals surface area (Å²) in [6.07, 6.45) is -0.544. The Hall–Kier alpha value is -2.12. The van der Waals surface area contributed by atoms with Crippen LogP contribution >= 0.6 is 0 Å². The molecule has 0 radical (unpaired) electrons. The van der Waals surface area contributed by atoms with Gasteiger partial charge in [0.1, 0.15) is 5.82 Å². The molecule has 96 valence electrons. The zero-order valence-electron chi connectivity index (χ0n) is 9.20. The topological polar surface area (TPSA) is 66.5 Å². The van der Waals surface area contributed by atoms with Crippen LogP contribution < -0.4 is 5.32 Å². The summed E-state index contributed by atoms with van der Waals surface area (Å²) < 4.78 is 36.7. The lowest BCUT2D eigenvalue weighted by atomic mass is 10.3. The standard InChI is InChI=1S/C10H10F3N5/c11-10(12,13)8-1-2-9(18-17-8)15-4-3-7-5-14-6-16-7/h1-2,5-6H,3-4H2,(H,14,16)(H,15,18). The van der Waals surface area contributed by atoms with Crippen molar-refractivity contribution in [3.63, 3.8) is 0 Å². The van der Waals surface area contributed by atoms with Gasteiger partial charge in [0.2, 0.25) is 0 Å². The lowest BCUT2D eigenvalue weighted by Gasteiger charge is -2.06. The SMILES string of the molecule is FC(F)(F)c1ccc(NCCc2cnc[nH]2)nn1. The van der Waals surface area contributed by atoms with Gasteiger partial charge in [-0.05, 0) is 12.1 Å². The Bertz CT molecular complexity index is 477. The Labute approximate surface area is 100 Å². The highest BCUT2D eigenvalue weighted by Crippen LogP contribution is 2.26. The van der Waals surface area contributed by atoms with E-state index in [1.165, 1.54) is 6.07 Å². The quantitative estimate of drug-likeness (QED) is 0.877. The van der Waals surface area contributed by atoms with Crippen molar-refractivity contribution in [3.8, 4) is 0 Å². The van der Waals surface area contributed by atoms with E-state index in [1.807, 2.05) is 0 Å². The molecule has 0 saturated carbocycles. The molecule has 0 bridgehead atoms. The first-order valence-corrected chi connectivity index (χ1v) is 5.18. The molecule has 0 unspecified atom stereocenters. The minimum Gasteiger partial charge on any atom is -0.368 e. The van der Waals surface area contributed by atoms with Crippen LogP contribution in [0, 0.1) is 0 Å². The van der Waals surface area contributed by atoms with Crippen LogP contribution in [0.1, 0.15) is 11.4 Å². The van der Waals surface area contributed by atoms with Gasteiger partial charge in [-0.25, -0.2) is 4.98 Å². The average Bonchev–Trinajstić information content (AvgIpc) is 2.82. The summed E-state index contributed by atoms with van der Waals surface area (Å²) in [5.41, 5.74) is -0.0658. The Balaban J connectivity index is 1.87. The number of nitrogens with one attached hydrogen (secondary N) is 2. The first-order valence-electron chi connectivity index (χ1n) is 5.18. The fraction of sp³-hybridized carbons (Fsp3) is 0.300. The van der Waals surface area contributed by atoms with Gasteiger partial charge in [-0.2, -0.15) is 13.2 Å². The van der Waals surface area contributed by atoms with Crippen LogP contribution in [-0.4, -0.2) is 26.7 Å². The van der Waals surface area contributed by atoms with Gasteiger partial charge in [0.25, 0.3) is 0 Å². The maximum Gasteiger partial charge on any atom is 0.435 e. The summed E-state index contributed by atoms with van der Waals surface area (Å²) in [5, 5.41) is 9.44. The predicted octanol–water partition coefficient (Wildman–Crippen LogP) is 1.87. The van der Waals surface area contributed by atoms with Gasteiger partial charge >= 0.3 is 6.18 Å². The monoisotopic (exact) mass is 257 g/mol. The summed E-state index contributed by atoms with van der Waals surface area (Å²) in [5.74, 6) is 0.308. The number of anilines is 1. The molecule has 0 aromatic carbocycles. The van der Waals surface area contributed by atoms with Crippen LogP contribution in [-0.2, 0) is 12.6 Å². The van der Waals surface area contributed by atoms with Gasteiger partial charge < -0.3 is 10.3 Å². The van der Waals surface area contributed by atoms with Crippen molar-refractivity contribution in [2.24, 2.45) is 0 Å². The van der Waals surface area contributed by atoms with Gasteiger partial charge in [0.05, 0.1) is 6.33 Å². The molecule has 2 aromatic rings. The lowest BCUT2D eigenvalue weighted by Crippen LogP contribution is -2.11. The van der Waals surface area contributed by atoms with Crippen LogP contribution in [0.25, 0.3) is 0 Å². The van der Waals surface area contributed by atoms with Crippen LogP contribution in [0.15, 0.2) is 24.7 Å². The van der Waals surface area contributed by atoms with Crippen LogP contribution in [0.2, 0.25) is 0 Å². The summed E-state index contributed by atoms with van der Waals surface area (Å²) in [4.78, 5) is 6.77. The minimum atomic E-state index is -4.46. The minimum absolute atomic E-state index is 0.308. The Morgan fingerprint density at radius 3 is 2.61 bits per heavy atom. The number of hydrogen-bond acceptors (Lipinski definition) is 4. The highest BCUT2D eigenvalue weighted by Gasteiger charge is 2.32. The molecule has 2 aromatic heterocycles. The Morgan fingerprint density at radius 2 is 2.06 bits per heavy atom. The molecule has 0 amide bonds. The average molecular weight is 257 g/mol. The summed E-state index contributed by atoms with van der Waals surface area (Å²) in [6.45, 7) is 0.530. The Kier molecular flexibility index (Phi) is 3.45. The molecule has 0 spiro atoms. The van der Waals surface area contributed by atoms with Gasteiger partial charge in [-0.3, -0.25) is 0 Å². The van der Waals surface area contributed by atoms with Crippen molar-refractivity contribution in [3.05, 3.63) is 36.0 Å². The number of nitrogens with zero attached hydrogens (tertiary/aromatic N) is 3. The predicted molar refractivity (Wildman–Crippen MR) is 57.8 cm³/mol. The lowest BCUT2D eigenvalue weighted by molar-refractivity contribution is -0.141. The number of aromatic amines is 1. The summed E-state index contributed by atoms with van der Waals surface area (Å²) in [7, 11) is 0. The van der Waals surface area contributed by atoms with E-state index >= 15 is 0 Å². The molecule has 0 aliphatic carbocycles. The molecule has 8 heteroatoms. The molecule has 0 aliphatic rings. The molecule has 2 N–H and O–H groups in total. The van der Waals surface area contributed by atoms with Crippen molar-refractivity contribution >= 4 is 5.82 Å². The third-order valence-electron chi connectivity index (χ3n) is 2.21. The van der Waals surface area contributed by atoms with E-state index in [1.54, 1.807) is 12.5 Å². The van der Waals surface area contributed by atoms with Crippen molar-refractivity contribution < 1.29 is 13.2 Å². The first kappa shape index (κ1) is 12.3. The van der Waals surface area contributed by atoms with Crippen LogP contribution in [0.5, 0.6) is 0 Å². The molecule has 2 heterocycles. The zero-order valence-corrected chi connectivity index (χ0v) is 9.20. The number of imidazole rings is 1. The molecule has 0 fully saturated rings. The fourth-order valence-electron chi connectivity index (χ4n) is 1.32. The van der Waals surface area contributed by atoms with E-state index in [0.717, 1.165) is 11.8 Å². The number of H-pyrrole nitrogens is 1. The van der Waals surface area contributed by atoms with Gasteiger partial charge in [0, 0.05) is 24.9 Å².